The van der Waals surface area contributed by atoms with E-state index < -0.39 is 15.9 Å². The van der Waals surface area contributed by atoms with Gasteiger partial charge in [-0.1, -0.05) is 6.07 Å². The number of benzene rings is 1. The fourth-order valence-electron chi connectivity index (χ4n) is 2.07. The zero-order chi connectivity index (χ0) is 19.3. The quantitative estimate of drug-likeness (QED) is 0.615. The number of primary amides is 1. The topological polar surface area (TPSA) is 131 Å². The van der Waals surface area contributed by atoms with Crippen molar-refractivity contribution < 1.29 is 18.0 Å². The number of nitrogens with one attached hydrogen (secondary N) is 2. The van der Waals surface area contributed by atoms with Gasteiger partial charge in [-0.3, -0.25) is 9.59 Å². The lowest BCUT2D eigenvalue weighted by Gasteiger charge is -2.08. The van der Waals surface area contributed by atoms with E-state index in [-0.39, 0.29) is 30.2 Å². The van der Waals surface area contributed by atoms with Crippen molar-refractivity contribution in [3.63, 3.8) is 0 Å². The van der Waals surface area contributed by atoms with Gasteiger partial charge in [0.15, 0.2) is 5.13 Å². The average Bonchev–Trinajstić information content (AvgIpc) is 2.95. The molecule has 2 rings (SSSR count). The van der Waals surface area contributed by atoms with Gasteiger partial charge in [0, 0.05) is 18.3 Å². The molecular formula is C16H20N4O4S2. The lowest BCUT2D eigenvalue weighted by molar-refractivity contribution is -0.117. The van der Waals surface area contributed by atoms with Crippen LogP contribution in [-0.4, -0.2) is 31.8 Å². The van der Waals surface area contributed by atoms with Gasteiger partial charge in [-0.05, 0) is 37.1 Å². The minimum Gasteiger partial charge on any atom is -0.369 e. The predicted octanol–water partition coefficient (Wildman–Crippen LogP) is 1.09. The molecule has 0 aliphatic heterocycles. The second kappa shape index (κ2) is 8.39. The minimum atomic E-state index is -3.67. The molecule has 0 saturated carbocycles. The molecule has 10 heteroatoms. The van der Waals surface area contributed by atoms with Crippen LogP contribution < -0.4 is 15.8 Å². The highest BCUT2D eigenvalue weighted by atomic mass is 32.2. The Bertz CT molecular complexity index is 922. The van der Waals surface area contributed by atoms with Crippen molar-refractivity contribution in [3.05, 3.63) is 40.4 Å². The molecule has 0 spiro atoms. The molecule has 0 aliphatic rings. The molecule has 0 aliphatic carbocycles. The summed E-state index contributed by atoms with van der Waals surface area (Å²) in [5, 5.41) is 4.52. The maximum Gasteiger partial charge on any atom is 0.240 e. The first-order chi connectivity index (χ1) is 12.2. The summed E-state index contributed by atoms with van der Waals surface area (Å²) in [6.07, 6.45) is -0.0447. The Hall–Kier alpha value is -2.30. The first-order valence-corrected chi connectivity index (χ1v) is 10.1. The van der Waals surface area contributed by atoms with Crippen molar-refractivity contribution in [2.45, 2.75) is 31.6 Å². The highest BCUT2D eigenvalue weighted by Crippen LogP contribution is 2.16. The van der Waals surface area contributed by atoms with Crippen molar-refractivity contribution >= 4 is 38.3 Å². The summed E-state index contributed by atoms with van der Waals surface area (Å²) in [6.45, 7) is 3.69. The number of sulfonamides is 1. The van der Waals surface area contributed by atoms with Crippen LogP contribution in [0.1, 0.15) is 23.2 Å². The molecule has 0 saturated heterocycles. The third-order valence-corrected chi connectivity index (χ3v) is 5.85. The van der Waals surface area contributed by atoms with Gasteiger partial charge in [0.1, 0.15) is 0 Å². The van der Waals surface area contributed by atoms with E-state index in [1.807, 2.05) is 13.8 Å². The van der Waals surface area contributed by atoms with Crippen LogP contribution in [-0.2, 0) is 26.0 Å². The molecule has 2 aromatic rings. The van der Waals surface area contributed by atoms with Crippen molar-refractivity contribution in [1.82, 2.24) is 9.71 Å². The van der Waals surface area contributed by atoms with Gasteiger partial charge >= 0.3 is 0 Å². The van der Waals surface area contributed by atoms with Crippen LogP contribution in [0.5, 0.6) is 0 Å². The highest BCUT2D eigenvalue weighted by molar-refractivity contribution is 7.89. The monoisotopic (exact) mass is 396 g/mol. The smallest absolute Gasteiger partial charge is 0.240 e. The SMILES string of the molecule is Cc1ccc(S(=O)(=O)NCCC(=O)Nc2nc(CC(N)=O)cs2)cc1C. The van der Waals surface area contributed by atoms with Gasteiger partial charge < -0.3 is 11.1 Å². The molecule has 0 unspecified atom stereocenters. The molecule has 1 aromatic heterocycles. The van der Waals surface area contributed by atoms with Gasteiger partial charge in [-0.15, -0.1) is 11.3 Å². The first-order valence-electron chi connectivity index (χ1n) is 7.77. The van der Waals surface area contributed by atoms with Crippen LogP contribution in [0.25, 0.3) is 0 Å². The maximum absolute atomic E-state index is 12.2. The Morgan fingerprint density at radius 1 is 1.23 bits per heavy atom. The summed E-state index contributed by atoms with van der Waals surface area (Å²) < 4.78 is 26.9. The molecule has 140 valence electrons. The number of nitrogens with zero attached hydrogens (tertiary/aromatic N) is 1. The lowest BCUT2D eigenvalue weighted by atomic mass is 10.1. The number of aryl methyl sites for hydroxylation is 2. The zero-order valence-corrected chi connectivity index (χ0v) is 16.0. The number of anilines is 1. The van der Waals surface area contributed by atoms with Crippen LogP contribution in [0.3, 0.4) is 0 Å². The van der Waals surface area contributed by atoms with E-state index in [1.165, 1.54) is 17.4 Å². The van der Waals surface area contributed by atoms with Gasteiger partial charge in [0.25, 0.3) is 0 Å². The van der Waals surface area contributed by atoms with Crippen LogP contribution in [0.4, 0.5) is 5.13 Å². The van der Waals surface area contributed by atoms with E-state index in [0.29, 0.717) is 10.8 Å². The largest absolute Gasteiger partial charge is 0.369 e. The fourth-order valence-corrected chi connectivity index (χ4v) is 3.91. The van der Waals surface area contributed by atoms with Crippen molar-refractivity contribution in [1.29, 1.82) is 0 Å². The van der Waals surface area contributed by atoms with Crippen molar-refractivity contribution in [2.24, 2.45) is 5.73 Å². The summed E-state index contributed by atoms with van der Waals surface area (Å²) in [7, 11) is -3.67. The van der Waals surface area contributed by atoms with Crippen molar-refractivity contribution in [2.75, 3.05) is 11.9 Å². The van der Waals surface area contributed by atoms with Crippen molar-refractivity contribution in [3.8, 4) is 0 Å². The number of aromatic nitrogens is 1. The van der Waals surface area contributed by atoms with Crippen LogP contribution in [0, 0.1) is 13.8 Å². The average molecular weight is 396 g/mol. The van der Waals surface area contributed by atoms with Gasteiger partial charge in [-0.2, -0.15) is 0 Å². The summed E-state index contributed by atoms with van der Waals surface area (Å²) in [6, 6.07) is 4.86. The molecule has 0 fully saturated rings. The molecule has 4 N–H and O–H groups in total. The first kappa shape index (κ1) is 20.0. The fraction of sp³-hybridized carbons (Fsp3) is 0.312. The highest BCUT2D eigenvalue weighted by Gasteiger charge is 2.15. The van der Waals surface area contributed by atoms with E-state index in [0.717, 1.165) is 11.1 Å². The van der Waals surface area contributed by atoms with E-state index in [2.05, 4.69) is 15.0 Å². The molecular weight excluding hydrogens is 376 g/mol. The maximum atomic E-state index is 12.2. The Morgan fingerprint density at radius 3 is 2.62 bits per heavy atom. The molecule has 2 amide bonds. The zero-order valence-electron chi connectivity index (χ0n) is 14.4. The van der Waals surface area contributed by atoms with E-state index in [9.17, 15) is 18.0 Å². The van der Waals surface area contributed by atoms with Gasteiger partial charge in [0.05, 0.1) is 17.0 Å². The number of amides is 2. The van der Waals surface area contributed by atoms with Crippen LogP contribution in [0.2, 0.25) is 0 Å². The second-order valence-corrected chi connectivity index (χ2v) is 8.35. The summed E-state index contributed by atoms with van der Waals surface area (Å²) >= 11 is 1.17. The van der Waals surface area contributed by atoms with Gasteiger partial charge in [-0.25, -0.2) is 18.1 Å². The molecule has 1 heterocycles. The molecule has 8 nitrogen and oxygen atoms in total. The summed E-state index contributed by atoms with van der Waals surface area (Å²) in [4.78, 5) is 26.9. The minimum absolute atomic E-state index is 0.00212. The normalized spacial score (nSPS) is 11.3. The number of hydrogen-bond acceptors (Lipinski definition) is 6. The Labute approximate surface area is 155 Å². The standard InChI is InChI=1S/C16H20N4O4S2/c1-10-3-4-13(7-11(10)2)26(23,24)18-6-5-15(22)20-16-19-12(9-25-16)8-14(17)21/h3-4,7,9,18H,5-6,8H2,1-2H3,(H2,17,21)(H,19,20,22). The number of hydrogen-bond donors (Lipinski definition) is 3. The van der Waals surface area contributed by atoms with Gasteiger partial charge in [0.2, 0.25) is 21.8 Å². The molecule has 1 aromatic carbocycles. The Kier molecular flexibility index (Phi) is 6.46. The number of carbonyl (C=O) groups excluding carboxylic acids is 2. The number of carbonyl (C=O) groups is 2. The van der Waals surface area contributed by atoms with E-state index in [1.54, 1.807) is 17.5 Å². The number of nitrogens with two attached hydrogens (primary N) is 1. The summed E-state index contributed by atoms with van der Waals surface area (Å²) in [5.74, 6) is -0.887. The third-order valence-electron chi connectivity index (χ3n) is 3.59. The number of thiazole rings is 1. The van der Waals surface area contributed by atoms with Crippen LogP contribution >= 0.6 is 11.3 Å². The van der Waals surface area contributed by atoms with Crippen LogP contribution in [0.15, 0.2) is 28.5 Å². The molecule has 0 radical (unpaired) electrons. The van der Waals surface area contributed by atoms with E-state index >= 15 is 0 Å². The second-order valence-electron chi connectivity index (χ2n) is 5.73. The summed E-state index contributed by atoms with van der Waals surface area (Å²) in [5.41, 5.74) is 7.44. The molecule has 26 heavy (non-hydrogen) atoms. The van der Waals surface area contributed by atoms with E-state index in [4.69, 9.17) is 5.73 Å². The predicted molar refractivity (Wildman–Crippen MR) is 99.4 cm³/mol. The number of rotatable bonds is 8. The Morgan fingerprint density at radius 2 is 1.96 bits per heavy atom. The third kappa shape index (κ3) is 5.61. The molecule has 0 bridgehead atoms. The molecule has 0 atom stereocenters. The lowest BCUT2D eigenvalue weighted by Crippen LogP contribution is -2.28. The Balaban J connectivity index is 1.86.